The first-order chi connectivity index (χ1) is 8.48. The molecule has 0 radical (unpaired) electrons. The molecule has 0 saturated heterocycles. The second kappa shape index (κ2) is 7.72. The zero-order chi connectivity index (χ0) is 13.2. The SMILES string of the molecule is CC([n+]1ccc(-c2ccncc2)cc1)P(=O)(O)O.Cl.[Cl-]. The molecule has 2 aromatic heterocycles. The van der Waals surface area contributed by atoms with Crippen molar-refractivity contribution >= 4 is 20.0 Å². The van der Waals surface area contributed by atoms with Crippen molar-refractivity contribution in [3.63, 3.8) is 0 Å². The van der Waals surface area contributed by atoms with E-state index in [1.165, 1.54) is 11.5 Å². The molecule has 1 atom stereocenters. The molecule has 2 rings (SSSR count). The Balaban J connectivity index is 0.00000180. The maximum Gasteiger partial charge on any atom is 0.392 e. The van der Waals surface area contributed by atoms with Crippen molar-refractivity contribution in [1.82, 2.24) is 4.98 Å². The predicted octanol–water partition coefficient (Wildman–Crippen LogP) is -0.842. The predicted molar refractivity (Wildman–Crippen MR) is 73.9 cm³/mol. The van der Waals surface area contributed by atoms with Gasteiger partial charge in [0, 0.05) is 31.5 Å². The molecule has 0 saturated carbocycles. The van der Waals surface area contributed by atoms with Crippen molar-refractivity contribution in [3.05, 3.63) is 49.1 Å². The molecule has 110 valence electrons. The van der Waals surface area contributed by atoms with Crippen molar-refractivity contribution in [2.75, 3.05) is 0 Å². The number of hydrogen-bond acceptors (Lipinski definition) is 2. The van der Waals surface area contributed by atoms with Gasteiger partial charge in [0.25, 0.3) is 5.78 Å². The number of rotatable bonds is 3. The van der Waals surface area contributed by atoms with Crippen LogP contribution in [0.15, 0.2) is 49.1 Å². The Hall–Kier alpha value is -0.970. The molecule has 0 bridgehead atoms. The summed E-state index contributed by atoms with van der Waals surface area (Å²) in [4.78, 5) is 22.2. The topological polar surface area (TPSA) is 74.3 Å². The number of pyridine rings is 2. The summed E-state index contributed by atoms with van der Waals surface area (Å²) < 4.78 is 12.7. The van der Waals surface area contributed by atoms with Crippen molar-refractivity contribution in [1.29, 1.82) is 0 Å². The van der Waals surface area contributed by atoms with Crippen LogP contribution in [-0.2, 0) is 4.57 Å². The van der Waals surface area contributed by atoms with Crippen LogP contribution in [0.1, 0.15) is 12.7 Å². The maximum absolute atomic E-state index is 11.2. The van der Waals surface area contributed by atoms with E-state index in [4.69, 9.17) is 9.79 Å². The first kappa shape index (κ1) is 19.0. The molecular formula is C12H15Cl2N2O3P. The highest BCUT2D eigenvalue weighted by Crippen LogP contribution is 2.45. The van der Waals surface area contributed by atoms with Crippen LogP contribution in [-0.4, -0.2) is 14.8 Å². The molecule has 0 aliphatic carbocycles. The molecule has 0 spiro atoms. The molecule has 0 fully saturated rings. The van der Waals surface area contributed by atoms with Gasteiger partial charge >= 0.3 is 7.60 Å². The second-order valence-electron chi connectivity index (χ2n) is 3.99. The maximum atomic E-state index is 11.2. The number of hydrogen-bond donors (Lipinski definition) is 2. The summed E-state index contributed by atoms with van der Waals surface area (Å²) in [5.41, 5.74) is 1.99. The first-order valence-corrected chi connectivity index (χ1v) is 7.13. The van der Waals surface area contributed by atoms with E-state index in [2.05, 4.69) is 4.98 Å². The lowest BCUT2D eigenvalue weighted by Crippen LogP contribution is -3.00. The van der Waals surface area contributed by atoms with Crippen LogP contribution in [0.5, 0.6) is 0 Å². The third-order valence-electron chi connectivity index (χ3n) is 2.78. The van der Waals surface area contributed by atoms with Crippen LogP contribution in [0.3, 0.4) is 0 Å². The minimum Gasteiger partial charge on any atom is -1.00 e. The molecule has 5 nitrogen and oxygen atoms in total. The van der Waals surface area contributed by atoms with Crippen LogP contribution in [0.25, 0.3) is 11.1 Å². The molecular weight excluding hydrogens is 322 g/mol. The molecule has 8 heteroatoms. The lowest BCUT2D eigenvalue weighted by Gasteiger charge is -2.09. The number of halogens is 2. The zero-order valence-electron chi connectivity index (χ0n) is 10.6. The molecule has 0 amide bonds. The molecule has 2 aromatic rings. The Morgan fingerprint density at radius 2 is 1.55 bits per heavy atom. The van der Waals surface area contributed by atoms with Crippen molar-refractivity contribution in [2.24, 2.45) is 0 Å². The van der Waals surface area contributed by atoms with E-state index in [0.717, 1.165) is 11.1 Å². The monoisotopic (exact) mass is 336 g/mol. The number of aromatic nitrogens is 2. The number of nitrogens with zero attached hydrogens (tertiary/aromatic N) is 2. The average molecular weight is 337 g/mol. The highest BCUT2D eigenvalue weighted by molar-refractivity contribution is 7.51. The summed E-state index contributed by atoms with van der Waals surface area (Å²) in [7, 11) is -4.11. The summed E-state index contributed by atoms with van der Waals surface area (Å²) >= 11 is 0. The molecule has 2 heterocycles. The minimum atomic E-state index is -4.11. The first-order valence-electron chi connectivity index (χ1n) is 5.45. The van der Waals surface area contributed by atoms with E-state index in [1.54, 1.807) is 24.8 Å². The van der Waals surface area contributed by atoms with Gasteiger partial charge in [-0.15, -0.1) is 12.4 Å². The second-order valence-corrected chi connectivity index (χ2v) is 5.92. The van der Waals surface area contributed by atoms with Gasteiger partial charge in [-0.05, 0) is 23.3 Å². The Bertz CT molecular complexity index is 575. The molecule has 20 heavy (non-hydrogen) atoms. The van der Waals surface area contributed by atoms with Gasteiger partial charge in [0.05, 0.1) is 0 Å². The Morgan fingerprint density at radius 3 is 2.00 bits per heavy atom. The fraction of sp³-hybridized carbons (Fsp3) is 0.167. The van der Waals surface area contributed by atoms with Crippen molar-refractivity contribution in [3.8, 4) is 11.1 Å². The highest BCUT2D eigenvalue weighted by Gasteiger charge is 2.32. The standard InChI is InChI=1S/C12H13N2O3P.2ClH/c1-10(18(15,16)17)14-8-4-12(5-9-14)11-2-6-13-7-3-11;;/h2-10H,1H3,(H-,15,16,17);2*1H. The van der Waals surface area contributed by atoms with Gasteiger partial charge in [-0.2, -0.15) is 4.57 Å². The average Bonchev–Trinajstić information content (AvgIpc) is 2.38. The van der Waals surface area contributed by atoms with Gasteiger partial charge in [0.2, 0.25) is 0 Å². The normalized spacial score (nSPS) is 11.9. The Morgan fingerprint density at radius 1 is 1.10 bits per heavy atom. The third-order valence-corrected chi connectivity index (χ3v) is 4.02. The smallest absolute Gasteiger partial charge is 0.392 e. The van der Waals surface area contributed by atoms with E-state index in [0.29, 0.717) is 0 Å². The van der Waals surface area contributed by atoms with Crippen LogP contribution >= 0.6 is 20.0 Å². The lowest BCUT2D eigenvalue weighted by molar-refractivity contribution is -0.701. The zero-order valence-corrected chi connectivity index (χ0v) is 13.1. The summed E-state index contributed by atoms with van der Waals surface area (Å²) in [6.07, 6.45) is 6.74. The van der Waals surface area contributed by atoms with E-state index in [-0.39, 0.29) is 24.8 Å². The minimum absolute atomic E-state index is 0. The van der Waals surface area contributed by atoms with Gasteiger partial charge in [-0.1, -0.05) is 0 Å². The summed E-state index contributed by atoms with van der Waals surface area (Å²) in [6.45, 7) is 1.49. The molecule has 0 aromatic carbocycles. The quantitative estimate of drug-likeness (QED) is 0.566. The van der Waals surface area contributed by atoms with Crippen LogP contribution in [0, 0.1) is 0 Å². The third kappa shape index (κ3) is 4.54. The van der Waals surface area contributed by atoms with Gasteiger partial charge in [0.15, 0.2) is 12.4 Å². The highest BCUT2D eigenvalue weighted by atomic mass is 35.5. The largest absolute Gasteiger partial charge is 1.00 e. The van der Waals surface area contributed by atoms with Gasteiger partial charge in [0.1, 0.15) is 0 Å². The van der Waals surface area contributed by atoms with Crippen LogP contribution in [0.2, 0.25) is 0 Å². The Labute approximate surface area is 129 Å². The summed E-state index contributed by atoms with van der Waals surface area (Å²) in [5, 5.41) is 0. The molecule has 0 aliphatic rings. The molecule has 0 aliphatic heterocycles. The molecule has 2 N–H and O–H groups in total. The lowest BCUT2D eigenvalue weighted by atomic mass is 10.1. The van der Waals surface area contributed by atoms with E-state index < -0.39 is 13.4 Å². The van der Waals surface area contributed by atoms with E-state index >= 15 is 0 Å². The summed E-state index contributed by atoms with van der Waals surface area (Å²) in [5.74, 6) is -0.857. The van der Waals surface area contributed by atoms with E-state index in [9.17, 15) is 4.57 Å². The fourth-order valence-corrected chi connectivity index (χ4v) is 2.10. The van der Waals surface area contributed by atoms with Gasteiger partial charge in [-0.3, -0.25) is 9.55 Å². The van der Waals surface area contributed by atoms with Gasteiger partial charge in [-0.25, -0.2) is 0 Å². The van der Waals surface area contributed by atoms with Crippen molar-refractivity contribution in [2.45, 2.75) is 12.7 Å². The van der Waals surface area contributed by atoms with E-state index in [1.807, 2.05) is 24.3 Å². The molecule has 1 unspecified atom stereocenters. The van der Waals surface area contributed by atoms with Gasteiger partial charge < -0.3 is 22.2 Å². The summed E-state index contributed by atoms with van der Waals surface area (Å²) in [6, 6.07) is 7.40. The van der Waals surface area contributed by atoms with Crippen LogP contribution in [0.4, 0.5) is 0 Å². The Kier molecular flexibility index (Phi) is 7.34. The fourth-order valence-electron chi connectivity index (χ4n) is 1.60. The van der Waals surface area contributed by atoms with Crippen LogP contribution < -0.4 is 17.0 Å². The van der Waals surface area contributed by atoms with Crippen molar-refractivity contribution < 1.29 is 31.3 Å².